The summed E-state index contributed by atoms with van der Waals surface area (Å²) in [5.74, 6) is 1.26. The fraction of sp³-hybridized carbons (Fsp3) is 0.357. The van der Waals surface area contributed by atoms with Crippen molar-refractivity contribution in [1.82, 2.24) is 10.2 Å². The first-order valence-electron chi connectivity index (χ1n) is 6.15. The Morgan fingerprint density at radius 2 is 2.06 bits per heavy atom. The quantitative estimate of drug-likeness (QED) is 0.842. The first kappa shape index (κ1) is 11.7. The number of benzene rings is 1. The third-order valence-corrected chi connectivity index (χ3v) is 3.32. The summed E-state index contributed by atoms with van der Waals surface area (Å²) >= 11 is 0. The molecular weight excluding hydrogens is 210 g/mol. The number of hydrogen-bond acceptors (Lipinski definition) is 2. The van der Waals surface area contributed by atoms with E-state index >= 15 is 0 Å². The van der Waals surface area contributed by atoms with Crippen LogP contribution in [0.25, 0.3) is 11.1 Å². The standard InChI is InChI=1S/C14H19N3/c1-3-10(4-2)11-6-5-7-12(8-11)13-9-16-17-14(13)15/h5-10H,3-4H2,1-2H3,(H3,15,16,17). The Hall–Kier alpha value is -1.77. The maximum atomic E-state index is 5.85. The second-order valence-corrected chi connectivity index (χ2v) is 4.34. The molecular formula is C14H19N3. The Kier molecular flexibility index (Phi) is 3.47. The summed E-state index contributed by atoms with van der Waals surface area (Å²) in [6.07, 6.45) is 4.11. The number of nitrogens with one attached hydrogen (secondary N) is 1. The third-order valence-electron chi connectivity index (χ3n) is 3.32. The number of nitrogens with zero attached hydrogens (tertiary/aromatic N) is 1. The number of anilines is 1. The van der Waals surface area contributed by atoms with E-state index in [0.29, 0.717) is 11.7 Å². The summed E-state index contributed by atoms with van der Waals surface area (Å²) in [6, 6.07) is 8.58. The number of H-pyrrole nitrogens is 1. The maximum Gasteiger partial charge on any atom is 0.126 e. The van der Waals surface area contributed by atoms with Gasteiger partial charge in [-0.05, 0) is 29.9 Å². The molecule has 2 rings (SSSR count). The van der Waals surface area contributed by atoms with Gasteiger partial charge in [0.2, 0.25) is 0 Å². The molecule has 0 saturated carbocycles. The van der Waals surface area contributed by atoms with Crippen LogP contribution in [-0.2, 0) is 0 Å². The van der Waals surface area contributed by atoms with E-state index in [0.717, 1.165) is 11.1 Å². The average molecular weight is 229 g/mol. The normalized spacial score (nSPS) is 11.0. The minimum Gasteiger partial charge on any atom is -0.384 e. The highest BCUT2D eigenvalue weighted by Gasteiger charge is 2.09. The molecule has 17 heavy (non-hydrogen) atoms. The van der Waals surface area contributed by atoms with Gasteiger partial charge in [0, 0.05) is 5.56 Å². The molecule has 1 aromatic carbocycles. The van der Waals surface area contributed by atoms with Crippen molar-refractivity contribution in [2.24, 2.45) is 0 Å². The summed E-state index contributed by atoms with van der Waals surface area (Å²) in [7, 11) is 0. The van der Waals surface area contributed by atoms with E-state index in [9.17, 15) is 0 Å². The molecule has 0 aliphatic carbocycles. The van der Waals surface area contributed by atoms with Gasteiger partial charge in [0.15, 0.2) is 0 Å². The summed E-state index contributed by atoms with van der Waals surface area (Å²) < 4.78 is 0. The van der Waals surface area contributed by atoms with Crippen molar-refractivity contribution in [3.63, 3.8) is 0 Å². The van der Waals surface area contributed by atoms with Gasteiger partial charge in [-0.15, -0.1) is 0 Å². The van der Waals surface area contributed by atoms with Gasteiger partial charge in [-0.3, -0.25) is 5.10 Å². The van der Waals surface area contributed by atoms with Gasteiger partial charge in [0.05, 0.1) is 6.20 Å². The van der Waals surface area contributed by atoms with Crippen LogP contribution >= 0.6 is 0 Å². The van der Waals surface area contributed by atoms with Crippen LogP contribution in [0.5, 0.6) is 0 Å². The zero-order chi connectivity index (χ0) is 12.3. The summed E-state index contributed by atoms with van der Waals surface area (Å²) in [4.78, 5) is 0. The predicted octanol–water partition coefficient (Wildman–Crippen LogP) is 3.56. The summed E-state index contributed by atoms with van der Waals surface area (Å²) in [6.45, 7) is 4.46. The summed E-state index contributed by atoms with van der Waals surface area (Å²) in [5, 5.41) is 6.73. The Morgan fingerprint density at radius 1 is 1.29 bits per heavy atom. The van der Waals surface area contributed by atoms with Crippen molar-refractivity contribution in [2.45, 2.75) is 32.6 Å². The van der Waals surface area contributed by atoms with Gasteiger partial charge in [-0.25, -0.2) is 0 Å². The van der Waals surface area contributed by atoms with E-state index in [2.05, 4.69) is 48.3 Å². The zero-order valence-electron chi connectivity index (χ0n) is 10.4. The van der Waals surface area contributed by atoms with Crippen molar-refractivity contribution in [3.05, 3.63) is 36.0 Å². The van der Waals surface area contributed by atoms with Crippen molar-refractivity contribution in [2.75, 3.05) is 5.73 Å². The number of aromatic amines is 1. The SMILES string of the molecule is CCC(CC)c1cccc(-c2cn[nH]c2N)c1. The lowest BCUT2D eigenvalue weighted by Gasteiger charge is -2.13. The Bertz CT molecular complexity index is 484. The van der Waals surface area contributed by atoms with Crippen molar-refractivity contribution < 1.29 is 0 Å². The molecule has 1 heterocycles. The maximum absolute atomic E-state index is 5.85. The molecule has 90 valence electrons. The fourth-order valence-electron chi connectivity index (χ4n) is 2.25. The molecule has 1 aromatic heterocycles. The topological polar surface area (TPSA) is 54.7 Å². The molecule has 0 unspecified atom stereocenters. The number of hydrogen-bond donors (Lipinski definition) is 2. The van der Waals surface area contributed by atoms with Crippen LogP contribution in [0.15, 0.2) is 30.5 Å². The molecule has 0 amide bonds. The molecule has 0 aliphatic rings. The van der Waals surface area contributed by atoms with Gasteiger partial charge in [-0.1, -0.05) is 38.1 Å². The number of nitrogen functional groups attached to an aromatic ring is 1. The van der Waals surface area contributed by atoms with E-state index in [1.165, 1.54) is 18.4 Å². The van der Waals surface area contributed by atoms with E-state index in [4.69, 9.17) is 5.73 Å². The molecule has 0 aliphatic heterocycles. The van der Waals surface area contributed by atoms with Crippen molar-refractivity contribution in [3.8, 4) is 11.1 Å². The van der Waals surface area contributed by atoms with Crippen molar-refractivity contribution in [1.29, 1.82) is 0 Å². The minimum absolute atomic E-state index is 0.628. The Morgan fingerprint density at radius 3 is 2.65 bits per heavy atom. The average Bonchev–Trinajstić information content (AvgIpc) is 2.77. The largest absolute Gasteiger partial charge is 0.384 e. The van der Waals surface area contributed by atoms with Crippen LogP contribution in [0.3, 0.4) is 0 Å². The highest BCUT2D eigenvalue weighted by Crippen LogP contribution is 2.29. The fourth-order valence-corrected chi connectivity index (χ4v) is 2.25. The number of nitrogens with two attached hydrogens (primary N) is 1. The summed E-state index contributed by atoms with van der Waals surface area (Å²) in [5.41, 5.74) is 9.35. The van der Waals surface area contributed by atoms with E-state index < -0.39 is 0 Å². The first-order chi connectivity index (χ1) is 8.26. The van der Waals surface area contributed by atoms with Gasteiger partial charge < -0.3 is 5.73 Å². The predicted molar refractivity (Wildman–Crippen MR) is 71.8 cm³/mol. The molecule has 0 saturated heterocycles. The highest BCUT2D eigenvalue weighted by atomic mass is 15.1. The van der Waals surface area contributed by atoms with Crippen LogP contribution in [0.4, 0.5) is 5.82 Å². The highest BCUT2D eigenvalue weighted by molar-refractivity contribution is 5.73. The monoisotopic (exact) mass is 229 g/mol. The molecule has 0 atom stereocenters. The molecule has 0 spiro atoms. The Labute approximate surface area is 102 Å². The lowest BCUT2D eigenvalue weighted by Crippen LogP contribution is -1.96. The zero-order valence-corrected chi connectivity index (χ0v) is 10.4. The van der Waals surface area contributed by atoms with E-state index in [1.807, 2.05) is 0 Å². The van der Waals surface area contributed by atoms with Gasteiger partial charge in [-0.2, -0.15) is 5.10 Å². The Balaban J connectivity index is 2.38. The van der Waals surface area contributed by atoms with Crippen LogP contribution in [0.1, 0.15) is 38.2 Å². The van der Waals surface area contributed by atoms with E-state index in [-0.39, 0.29) is 0 Å². The van der Waals surface area contributed by atoms with Gasteiger partial charge in [0.25, 0.3) is 0 Å². The number of aromatic nitrogens is 2. The molecule has 0 bridgehead atoms. The third kappa shape index (κ3) is 2.33. The molecule has 0 fully saturated rings. The van der Waals surface area contributed by atoms with Gasteiger partial charge in [0.1, 0.15) is 5.82 Å². The van der Waals surface area contributed by atoms with Crippen LogP contribution < -0.4 is 5.73 Å². The van der Waals surface area contributed by atoms with E-state index in [1.54, 1.807) is 6.20 Å². The van der Waals surface area contributed by atoms with Crippen LogP contribution in [0, 0.1) is 0 Å². The first-order valence-corrected chi connectivity index (χ1v) is 6.15. The second-order valence-electron chi connectivity index (χ2n) is 4.34. The molecule has 2 aromatic rings. The minimum atomic E-state index is 0.628. The second kappa shape index (κ2) is 5.04. The van der Waals surface area contributed by atoms with Crippen LogP contribution in [-0.4, -0.2) is 10.2 Å². The smallest absolute Gasteiger partial charge is 0.126 e. The lowest BCUT2D eigenvalue weighted by molar-refractivity contribution is 0.642. The van der Waals surface area contributed by atoms with Crippen LogP contribution in [0.2, 0.25) is 0 Å². The molecule has 3 heteroatoms. The molecule has 3 N–H and O–H groups in total. The molecule has 3 nitrogen and oxygen atoms in total. The van der Waals surface area contributed by atoms with Crippen molar-refractivity contribution >= 4 is 5.82 Å². The lowest BCUT2D eigenvalue weighted by atomic mass is 9.92. The number of rotatable bonds is 4. The van der Waals surface area contributed by atoms with Gasteiger partial charge >= 0.3 is 0 Å². The molecule has 0 radical (unpaired) electrons.